The number of nitrogens with zero attached hydrogens (tertiary/aromatic N) is 1. The molecule has 2 atom stereocenters. The molecule has 1 saturated carbocycles. The molecule has 0 spiro atoms. The highest BCUT2D eigenvalue weighted by atomic mass is 32.2. The van der Waals surface area contributed by atoms with E-state index in [-0.39, 0.29) is 17.4 Å². The Morgan fingerprint density at radius 1 is 1.21 bits per heavy atom. The lowest BCUT2D eigenvalue weighted by Gasteiger charge is -2.28. The summed E-state index contributed by atoms with van der Waals surface area (Å²) in [6, 6.07) is -0.690. The third-order valence-electron chi connectivity index (χ3n) is 3.93. The molecule has 0 radical (unpaired) electrons. The van der Waals surface area contributed by atoms with Crippen molar-refractivity contribution in [1.29, 1.82) is 0 Å². The van der Waals surface area contributed by atoms with Crippen molar-refractivity contribution in [3.8, 4) is 0 Å². The molecule has 1 aliphatic heterocycles. The van der Waals surface area contributed by atoms with Crippen LogP contribution in [0.1, 0.15) is 45.4 Å². The number of hydrogen-bond acceptors (Lipinski definition) is 3. The number of thioether (sulfide) groups is 1. The van der Waals surface area contributed by atoms with E-state index >= 15 is 0 Å². The molecule has 0 aromatic carbocycles. The van der Waals surface area contributed by atoms with Crippen LogP contribution in [-0.2, 0) is 4.79 Å². The molecule has 0 bridgehead atoms. The first-order valence-electron chi connectivity index (χ1n) is 7.03. The normalized spacial score (nSPS) is 29.0. The van der Waals surface area contributed by atoms with Gasteiger partial charge in [0.25, 0.3) is 0 Å². The van der Waals surface area contributed by atoms with Gasteiger partial charge in [-0.05, 0) is 19.8 Å². The minimum atomic E-state index is -0.909. The number of hydrogen-bond donors (Lipinski definition) is 2. The van der Waals surface area contributed by atoms with Crippen molar-refractivity contribution in [2.45, 2.75) is 62.9 Å². The maximum atomic E-state index is 12.3. The number of carbonyl (C=O) groups is 2. The molecule has 2 rings (SSSR count). The lowest BCUT2D eigenvalue weighted by atomic mass is 10.1. The fraction of sp³-hybridized carbons (Fsp3) is 0.846. The first-order chi connectivity index (χ1) is 9.09. The van der Waals surface area contributed by atoms with Gasteiger partial charge in [0.05, 0.1) is 5.37 Å². The Kier molecular flexibility index (Phi) is 4.96. The molecule has 2 amide bonds. The van der Waals surface area contributed by atoms with E-state index < -0.39 is 12.0 Å². The van der Waals surface area contributed by atoms with Crippen LogP contribution in [0.5, 0.6) is 0 Å². The third-order valence-corrected chi connectivity index (χ3v) is 5.14. The number of carboxylic acid groups (broad SMARTS) is 1. The van der Waals surface area contributed by atoms with Crippen LogP contribution in [0.4, 0.5) is 4.79 Å². The van der Waals surface area contributed by atoms with Gasteiger partial charge in [0.2, 0.25) is 0 Å². The van der Waals surface area contributed by atoms with Gasteiger partial charge in [0, 0.05) is 11.8 Å². The van der Waals surface area contributed by atoms with Crippen LogP contribution < -0.4 is 5.32 Å². The highest BCUT2D eigenvalue weighted by molar-refractivity contribution is 8.00. The minimum Gasteiger partial charge on any atom is -0.480 e. The van der Waals surface area contributed by atoms with Gasteiger partial charge in [-0.3, -0.25) is 4.90 Å². The highest BCUT2D eigenvalue weighted by Crippen LogP contribution is 2.29. The number of urea groups is 1. The largest absolute Gasteiger partial charge is 0.480 e. The maximum absolute atomic E-state index is 12.3. The second-order valence-corrected chi connectivity index (χ2v) is 6.68. The second-order valence-electron chi connectivity index (χ2n) is 5.33. The average Bonchev–Trinajstić information content (AvgIpc) is 2.58. The minimum absolute atomic E-state index is 0.0631. The van der Waals surface area contributed by atoms with E-state index in [9.17, 15) is 9.59 Å². The van der Waals surface area contributed by atoms with Crippen LogP contribution >= 0.6 is 11.8 Å². The van der Waals surface area contributed by atoms with Gasteiger partial charge in [0.1, 0.15) is 6.04 Å². The molecule has 5 nitrogen and oxygen atoms in total. The van der Waals surface area contributed by atoms with Gasteiger partial charge >= 0.3 is 12.0 Å². The second kappa shape index (κ2) is 6.50. The summed E-state index contributed by atoms with van der Waals surface area (Å²) in [5.74, 6) is -0.429. The first kappa shape index (κ1) is 14.5. The van der Waals surface area contributed by atoms with Crippen LogP contribution in [-0.4, -0.2) is 45.2 Å². The van der Waals surface area contributed by atoms with E-state index in [1.807, 2.05) is 6.92 Å². The van der Waals surface area contributed by atoms with Crippen LogP contribution in [0.15, 0.2) is 0 Å². The van der Waals surface area contributed by atoms with Gasteiger partial charge in [-0.2, -0.15) is 0 Å². The maximum Gasteiger partial charge on any atom is 0.327 e. The fourth-order valence-corrected chi connectivity index (χ4v) is 3.98. The summed E-state index contributed by atoms with van der Waals surface area (Å²) in [6.07, 6.45) is 6.80. The van der Waals surface area contributed by atoms with Crippen LogP contribution in [0, 0.1) is 0 Å². The Bertz CT molecular complexity index is 343. The summed E-state index contributed by atoms with van der Waals surface area (Å²) in [5, 5.41) is 12.1. The number of amides is 2. The van der Waals surface area contributed by atoms with E-state index in [1.165, 1.54) is 29.5 Å². The Morgan fingerprint density at radius 3 is 2.42 bits per heavy atom. The van der Waals surface area contributed by atoms with Crippen molar-refractivity contribution in [3.63, 3.8) is 0 Å². The highest BCUT2D eigenvalue weighted by Gasteiger charge is 2.39. The molecule has 2 N–H and O–H groups in total. The summed E-state index contributed by atoms with van der Waals surface area (Å²) in [5.41, 5.74) is 0. The molecule has 2 aliphatic rings. The predicted molar refractivity (Wildman–Crippen MR) is 75.2 cm³/mol. The molecule has 6 heteroatoms. The third kappa shape index (κ3) is 3.55. The average molecular weight is 286 g/mol. The molecule has 0 aromatic heterocycles. The SMILES string of the molecule is CC1SCC(C(=O)O)N1C(=O)NC1CCCCCC1. The lowest BCUT2D eigenvalue weighted by molar-refractivity contribution is -0.141. The zero-order chi connectivity index (χ0) is 13.8. The summed E-state index contributed by atoms with van der Waals surface area (Å²) in [7, 11) is 0. The molecular formula is C13H22N2O3S. The molecule has 19 heavy (non-hydrogen) atoms. The Labute approximate surface area is 118 Å². The zero-order valence-electron chi connectivity index (χ0n) is 11.3. The molecule has 2 fully saturated rings. The summed E-state index contributed by atoms with van der Waals surface area (Å²) in [6.45, 7) is 1.89. The van der Waals surface area contributed by atoms with E-state index in [0.717, 1.165) is 25.7 Å². The van der Waals surface area contributed by atoms with Crippen molar-refractivity contribution in [3.05, 3.63) is 0 Å². The van der Waals surface area contributed by atoms with Crippen LogP contribution in [0.25, 0.3) is 0 Å². The van der Waals surface area contributed by atoms with Gasteiger partial charge in [-0.15, -0.1) is 11.8 Å². The smallest absolute Gasteiger partial charge is 0.327 e. The zero-order valence-corrected chi connectivity index (χ0v) is 12.1. The predicted octanol–water partition coefficient (Wildman–Crippen LogP) is 2.27. The van der Waals surface area contributed by atoms with Crippen LogP contribution in [0.2, 0.25) is 0 Å². The Hall–Kier alpha value is -0.910. The van der Waals surface area contributed by atoms with Crippen molar-refractivity contribution in [2.24, 2.45) is 0 Å². The summed E-state index contributed by atoms with van der Waals surface area (Å²) >= 11 is 1.52. The summed E-state index contributed by atoms with van der Waals surface area (Å²) < 4.78 is 0. The molecule has 1 saturated heterocycles. The Balaban J connectivity index is 1.95. The first-order valence-corrected chi connectivity index (χ1v) is 8.07. The fourth-order valence-electron chi connectivity index (χ4n) is 2.81. The van der Waals surface area contributed by atoms with E-state index in [2.05, 4.69) is 5.32 Å². The van der Waals surface area contributed by atoms with E-state index in [4.69, 9.17) is 5.11 Å². The topological polar surface area (TPSA) is 69.6 Å². The van der Waals surface area contributed by atoms with Gasteiger partial charge in [0.15, 0.2) is 0 Å². The van der Waals surface area contributed by atoms with E-state index in [1.54, 1.807) is 0 Å². The molecule has 1 heterocycles. The van der Waals surface area contributed by atoms with Crippen molar-refractivity contribution >= 4 is 23.8 Å². The molecule has 0 aromatic rings. The standard InChI is InChI=1S/C13H22N2O3S/c1-9-15(11(8-19-9)12(16)17)13(18)14-10-6-4-2-3-5-7-10/h9-11H,2-8H2,1H3,(H,14,18)(H,16,17). The van der Waals surface area contributed by atoms with Crippen LogP contribution in [0.3, 0.4) is 0 Å². The molecule has 2 unspecified atom stereocenters. The van der Waals surface area contributed by atoms with Gasteiger partial charge in [-0.25, -0.2) is 9.59 Å². The van der Waals surface area contributed by atoms with Crippen molar-refractivity contribution in [2.75, 3.05) is 5.75 Å². The lowest BCUT2D eigenvalue weighted by Crippen LogP contribution is -2.51. The molecule has 108 valence electrons. The number of carboxylic acids is 1. The number of aliphatic carboxylic acids is 1. The quantitative estimate of drug-likeness (QED) is 0.764. The summed E-state index contributed by atoms with van der Waals surface area (Å²) in [4.78, 5) is 24.9. The van der Waals surface area contributed by atoms with Crippen molar-refractivity contribution < 1.29 is 14.7 Å². The Morgan fingerprint density at radius 2 is 1.84 bits per heavy atom. The monoisotopic (exact) mass is 286 g/mol. The molecule has 1 aliphatic carbocycles. The number of rotatable bonds is 2. The number of nitrogens with one attached hydrogen (secondary N) is 1. The van der Waals surface area contributed by atoms with Gasteiger partial charge in [-0.1, -0.05) is 25.7 Å². The van der Waals surface area contributed by atoms with E-state index in [0.29, 0.717) is 5.75 Å². The molecular weight excluding hydrogens is 264 g/mol. The van der Waals surface area contributed by atoms with Gasteiger partial charge < -0.3 is 10.4 Å². The van der Waals surface area contributed by atoms with Crippen molar-refractivity contribution in [1.82, 2.24) is 10.2 Å². The number of carbonyl (C=O) groups excluding carboxylic acids is 1.